The zero-order valence-electron chi connectivity index (χ0n) is 17.6. The van der Waals surface area contributed by atoms with E-state index in [-0.39, 0.29) is 5.91 Å². The molecule has 0 spiro atoms. The Morgan fingerprint density at radius 1 is 1.10 bits per heavy atom. The van der Waals surface area contributed by atoms with Gasteiger partial charge in [0.15, 0.2) is 0 Å². The minimum atomic E-state index is -0.156. The molecule has 7 nitrogen and oxygen atoms in total. The number of aryl methyl sites for hydroxylation is 2. The van der Waals surface area contributed by atoms with E-state index < -0.39 is 0 Å². The fourth-order valence-electron chi connectivity index (χ4n) is 3.22. The smallest absolute Gasteiger partial charge is 0.255 e. The number of rotatable bonds is 7. The number of amides is 1. The monoisotopic (exact) mass is 433 g/mol. The Balaban J connectivity index is 1.48. The lowest BCUT2D eigenvalue weighted by molar-refractivity contribution is 0.102. The number of anilines is 1. The summed E-state index contributed by atoms with van der Waals surface area (Å²) in [6.45, 7) is 6.46. The number of fused-ring (bicyclic) bond motifs is 1. The first-order valence-electron chi connectivity index (χ1n) is 9.99. The van der Waals surface area contributed by atoms with Gasteiger partial charge in [0.2, 0.25) is 5.16 Å². The van der Waals surface area contributed by atoms with Crippen LogP contribution in [-0.4, -0.2) is 32.1 Å². The summed E-state index contributed by atoms with van der Waals surface area (Å²) >= 11 is 1.48. The van der Waals surface area contributed by atoms with Gasteiger partial charge in [-0.15, -0.1) is 5.10 Å². The van der Waals surface area contributed by atoms with Crippen molar-refractivity contribution >= 4 is 29.1 Å². The number of carbonyl (C=O) groups is 1. The first-order chi connectivity index (χ1) is 15.0. The van der Waals surface area contributed by atoms with Crippen LogP contribution in [-0.2, 0) is 5.75 Å². The molecule has 0 aliphatic heterocycles. The largest absolute Gasteiger partial charge is 0.494 e. The van der Waals surface area contributed by atoms with Crippen molar-refractivity contribution in [2.75, 3.05) is 11.9 Å². The highest BCUT2D eigenvalue weighted by molar-refractivity contribution is 7.98. The maximum atomic E-state index is 12.9. The predicted molar refractivity (Wildman–Crippen MR) is 122 cm³/mol. The number of carbonyl (C=O) groups excluding carboxylic acids is 1. The fraction of sp³-hybridized carbons (Fsp3) is 0.217. The van der Waals surface area contributed by atoms with Crippen LogP contribution in [0.1, 0.15) is 34.2 Å². The van der Waals surface area contributed by atoms with Gasteiger partial charge in [0, 0.05) is 28.4 Å². The highest BCUT2D eigenvalue weighted by atomic mass is 32.2. The van der Waals surface area contributed by atoms with Crippen LogP contribution in [0.15, 0.2) is 59.8 Å². The van der Waals surface area contributed by atoms with Crippen molar-refractivity contribution < 1.29 is 9.53 Å². The Labute approximate surface area is 184 Å². The number of aromatic nitrogens is 4. The van der Waals surface area contributed by atoms with E-state index in [9.17, 15) is 4.79 Å². The van der Waals surface area contributed by atoms with Crippen molar-refractivity contribution in [3.8, 4) is 5.75 Å². The SMILES string of the molecule is CCOc1ccc(NC(=O)c2ccccc2CSc2nc3nc(C)cc(C)n3n2)cc1. The van der Waals surface area contributed by atoms with E-state index in [0.717, 1.165) is 28.4 Å². The summed E-state index contributed by atoms with van der Waals surface area (Å²) in [5, 5.41) is 8.11. The van der Waals surface area contributed by atoms with Gasteiger partial charge in [-0.2, -0.15) is 4.98 Å². The molecule has 2 aromatic carbocycles. The van der Waals surface area contributed by atoms with E-state index in [4.69, 9.17) is 4.74 Å². The molecule has 31 heavy (non-hydrogen) atoms. The zero-order valence-corrected chi connectivity index (χ0v) is 18.4. The third-order valence-electron chi connectivity index (χ3n) is 4.64. The third-order valence-corrected chi connectivity index (χ3v) is 5.53. The first kappa shape index (κ1) is 20.9. The summed E-state index contributed by atoms with van der Waals surface area (Å²) in [5.74, 6) is 1.78. The number of nitrogens with one attached hydrogen (secondary N) is 1. The molecule has 4 aromatic rings. The Kier molecular flexibility index (Phi) is 6.18. The average Bonchev–Trinajstić information content (AvgIpc) is 3.17. The second-order valence-electron chi connectivity index (χ2n) is 7.00. The Morgan fingerprint density at radius 2 is 1.87 bits per heavy atom. The third kappa shape index (κ3) is 4.86. The van der Waals surface area contributed by atoms with Crippen LogP contribution in [0.5, 0.6) is 5.75 Å². The molecule has 0 fully saturated rings. The number of nitrogens with zero attached hydrogens (tertiary/aromatic N) is 4. The summed E-state index contributed by atoms with van der Waals surface area (Å²) in [5.41, 5.74) is 4.14. The molecular weight excluding hydrogens is 410 g/mol. The number of thioether (sulfide) groups is 1. The van der Waals surface area contributed by atoms with Crippen LogP contribution in [0.2, 0.25) is 0 Å². The molecular formula is C23H23N5O2S. The van der Waals surface area contributed by atoms with E-state index in [1.807, 2.05) is 75.4 Å². The van der Waals surface area contributed by atoms with Crippen LogP contribution in [0.4, 0.5) is 5.69 Å². The van der Waals surface area contributed by atoms with Gasteiger partial charge in [-0.05, 0) is 62.7 Å². The van der Waals surface area contributed by atoms with Gasteiger partial charge in [0.25, 0.3) is 11.7 Å². The van der Waals surface area contributed by atoms with E-state index in [0.29, 0.717) is 28.9 Å². The number of benzene rings is 2. The summed E-state index contributed by atoms with van der Waals surface area (Å²) in [4.78, 5) is 21.8. The number of hydrogen-bond donors (Lipinski definition) is 1. The molecule has 0 saturated heterocycles. The van der Waals surface area contributed by atoms with Crippen LogP contribution in [0, 0.1) is 13.8 Å². The summed E-state index contributed by atoms with van der Waals surface area (Å²) in [6.07, 6.45) is 0. The van der Waals surface area contributed by atoms with Crippen molar-refractivity contribution in [3.63, 3.8) is 0 Å². The molecule has 8 heteroatoms. The molecule has 2 aromatic heterocycles. The van der Waals surface area contributed by atoms with Gasteiger partial charge in [0.05, 0.1) is 6.61 Å². The van der Waals surface area contributed by atoms with Crippen molar-refractivity contribution in [1.82, 2.24) is 19.6 Å². The number of hydrogen-bond acceptors (Lipinski definition) is 6. The van der Waals surface area contributed by atoms with Crippen molar-refractivity contribution in [3.05, 3.63) is 77.1 Å². The van der Waals surface area contributed by atoms with Gasteiger partial charge in [-0.25, -0.2) is 9.50 Å². The van der Waals surface area contributed by atoms with Crippen molar-refractivity contribution in [1.29, 1.82) is 0 Å². The zero-order chi connectivity index (χ0) is 21.8. The maximum absolute atomic E-state index is 12.9. The minimum Gasteiger partial charge on any atom is -0.494 e. The van der Waals surface area contributed by atoms with Gasteiger partial charge in [0.1, 0.15) is 5.75 Å². The topological polar surface area (TPSA) is 81.4 Å². The molecule has 0 atom stereocenters. The standard InChI is InChI=1S/C23H23N5O2S/c1-4-30-19-11-9-18(10-12-19)25-21(29)20-8-6-5-7-17(20)14-31-23-26-22-24-15(2)13-16(3)28(22)27-23/h5-13H,4,14H2,1-3H3,(H,25,29). The normalized spacial score (nSPS) is 10.9. The van der Waals surface area contributed by atoms with Gasteiger partial charge >= 0.3 is 0 Å². The van der Waals surface area contributed by atoms with Crippen LogP contribution < -0.4 is 10.1 Å². The molecule has 1 N–H and O–H groups in total. The molecule has 2 heterocycles. The average molecular weight is 434 g/mol. The van der Waals surface area contributed by atoms with E-state index >= 15 is 0 Å². The molecule has 0 bridgehead atoms. The molecule has 0 aliphatic rings. The van der Waals surface area contributed by atoms with Crippen LogP contribution >= 0.6 is 11.8 Å². The summed E-state index contributed by atoms with van der Waals surface area (Å²) < 4.78 is 7.18. The Morgan fingerprint density at radius 3 is 2.65 bits per heavy atom. The predicted octanol–water partition coefficient (Wildman–Crippen LogP) is 4.68. The lowest BCUT2D eigenvalue weighted by Crippen LogP contribution is -2.14. The first-order valence-corrected chi connectivity index (χ1v) is 11.0. The highest BCUT2D eigenvalue weighted by Gasteiger charge is 2.14. The van der Waals surface area contributed by atoms with Gasteiger partial charge < -0.3 is 10.1 Å². The van der Waals surface area contributed by atoms with Crippen LogP contribution in [0.3, 0.4) is 0 Å². The Hall–Kier alpha value is -3.39. The Bertz CT molecular complexity index is 1220. The lowest BCUT2D eigenvalue weighted by atomic mass is 10.1. The highest BCUT2D eigenvalue weighted by Crippen LogP contribution is 2.24. The van der Waals surface area contributed by atoms with Crippen LogP contribution in [0.25, 0.3) is 5.78 Å². The molecule has 4 rings (SSSR count). The minimum absolute atomic E-state index is 0.156. The molecule has 0 unspecified atom stereocenters. The molecule has 0 aliphatic carbocycles. The number of ether oxygens (including phenoxy) is 1. The van der Waals surface area contributed by atoms with Gasteiger partial charge in [-0.3, -0.25) is 4.79 Å². The molecule has 1 amide bonds. The molecule has 0 radical (unpaired) electrons. The van der Waals surface area contributed by atoms with E-state index in [2.05, 4.69) is 20.4 Å². The maximum Gasteiger partial charge on any atom is 0.255 e. The van der Waals surface area contributed by atoms with Gasteiger partial charge in [-0.1, -0.05) is 30.0 Å². The quantitative estimate of drug-likeness (QED) is 0.426. The van der Waals surface area contributed by atoms with E-state index in [1.54, 1.807) is 4.52 Å². The summed E-state index contributed by atoms with van der Waals surface area (Å²) in [7, 11) is 0. The van der Waals surface area contributed by atoms with Crippen molar-refractivity contribution in [2.24, 2.45) is 0 Å². The van der Waals surface area contributed by atoms with E-state index in [1.165, 1.54) is 11.8 Å². The lowest BCUT2D eigenvalue weighted by Gasteiger charge is -2.10. The molecule has 158 valence electrons. The second kappa shape index (κ2) is 9.18. The van der Waals surface area contributed by atoms with Crippen molar-refractivity contribution in [2.45, 2.75) is 31.7 Å². The summed E-state index contributed by atoms with van der Waals surface area (Å²) in [6, 6.07) is 16.9. The second-order valence-corrected chi connectivity index (χ2v) is 7.94. The fourth-order valence-corrected chi connectivity index (χ4v) is 4.04. The molecule has 0 saturated carbocycles.